The minimum Gasteiger partial charge on any atom is -0.336 e. The molecule has 2 unspecified atom stereocenters. The summed E-state index contributed by atoms with van der Waals surface area (Å²) in [6.45, 7) is 1.86. The molecule has 20 heavy (non-hydrogen) atoms. The molecule has 8 heteroatoms. The molecule has 2 atom stereocenters. The van der Waals surface area contributed by atoms with E-state index in [0.29, 0.717) is 11.7 Å². The number of hydrogen-bond acceptors (Lipinski definition) is 3. The molecule has 1 aliphatic carbocycles. The van der Waals surface area contributed by atoms with E-state index in [9.17, 15) is 8.42 Å². The summed E-state index contributed by atoms with van der Waals surface area (Å²) in [5.41, 5.74) is 0.596. The SMILES string of the molecule is C[NH+]1CCCC(N(c2cnn(C3CC3)c2)S(N)(=O)=O)C1. The van der Waals surface area contributed by atoms with E-state index in [1.54, 1.807) is 6.20 Å². The molecule has 0 spiro atoms. The summed E-state index contributed by atoms with van der Waals surface area (Å²) in [5.74, 6) is 0. The van der Waals surface area contributed by atoms with Gasteiger partial charge < -0.3 is 4.90 Å². The predicted molar refractivity (Wildman–Crippen MR) is 75.7 cm³/mol. The summed E-state index contributed by atoms with van der Waals surface area (Å²) in [6.07, 6.45) is 7.53. The van der Waals surface area contributed by atoms with E-state index in [1.807, 2.05) is 10.9 Å². The lowest BCUT2D eigenvalue weighted by Crippen LogP contribution is -3.11. The lowest BCUT2D eigenvalue weighted by atomic mass is 10.1. The number of quaternary nitrogens is 1. The van der Waals surface area contributed by atoms with Crippen molar-refractivity contribution in [2.24, 2.45) is 5.14 Å². The van der Waals surface area contributed by atoms with Crippen LogP contribution >= 0.6 is 0 Å². The number of nitrogens with one attached hydrogen (secondary N) is 1. The molecule has 0 radical (unpaired) electrons. The maximum absolute atomic E-state index is 12.0. The quantitative estimate of drug-likeness (QED) is 0.740. The second-order valence-electron chi connectivity index (χ2n) is 5.96. The third-order valence-corrected chi connectivity index (χ3v) is 5.15. The van der Waals surface area contributed by atoms with Crippen molar-refractivity contribution in [2.45, 2.75) is 37.8 Å². The van der Waals surface area contributed by atoms with E-state index < -0.39 is 10.2 Å². The Morgan fingerprint density at radius 3 is 2.80 bits per heavy atom. The van der Waals surface area contributed by atoms with Crippen LogP contribution in [0.2, 0.25) is 0 Å². The summed E-state index contributed by atoms with van der Waals surface area (Å²) < 4.78 is 27.2. The minimum atomic E-state index is -3.77. The molecule has 1 aliphatic heterocycles. The van der Waals surface area contributed by atoms with Gasteiger partial charge in [0, 0.05) is 6.20 Å². The summed E-state index contributed by atoms with van der Waals surface area (Å²) in [4.78, 5) is 1.34. The molecular weight excluding hydrogens is 278 g/mol. The molecule has 3 rings (SSSR count). The number of nitrogens with zero attached hydrogens (tertiary/aromatic N) is 3. The number of likely N-dealkylation sites (N-methyl/N-ethyl adjacent to an activating group) is 1. The van der Waals surface area contributed by atoms with Gasteiger partial charge in [0.1, 0.15) is 0 Å². The Bertz CT molecular complexity index is 580. The average molecular weight is 300 g/mol. The Morgan fingerprint density at radius 2 is 2.20 bits per heavy atom. The zero-order valence-corrected chi connectivity index (χ0v) is 12.5. The molecule has 1 saturated carbocycles. The number of likely N-dealkylation sites (tertiary alicyclic amines) is 1. The van der Waals surface area contributed by atoms with Crippen molar-refractivity contribution < 1.29 is 13.3 Å². The molecule has 112 valence electrons. The zero-order valence-electron chi connectivity index (χ0n) is 11.7. The van der Waals surface area contributed by atoms with Crippen LogP contribution in [0.4, 0.5) is 5.69 Å². The number of hydrogen-bond donors (Lipinski definition) is 2. The second kappa shape index (κ2) is 5.01. The molecule has 0 bridgehead atoms. The van der Waals surface area contributed by atoms with Gasteiger partial charge in [0.2, 0.25) is 0 Å². The van der Waals surface area contributed by atoms with E-state index >= 15 is 0 Å². The van der Waals surface area contributed by atoms with Crippen LogP contribution in [0.25, 0.3) is 0 Å². The van der Waals surface area contributed by atoms with Crippen LogP contribution in [-0.2, 0) is 10.2 Å². The maximum atomic E-state index is 12.0. The van der Waals surface area contributed by atoms with Crippen molar-refractivity contribution in [3.63, 3.8) is 0 Å². The fraction of sp³-hybridized carbons (Fsp3) is 0.750. The van der Waals surface area contributed by atoms with Crippen LogP contribution in [0, 0.1) is 0 Å². The average Bonchev–Trinajstić information content (AvgIpc) is 3.09. The Hall–Kier alpha value is -1.12. The fourth-order valence-electron chi connectivity index (χ4n) is 2.99. The standard InChI is InChI=1S/C12H21N5O2S/c1-15-6-2-3-11(8-15)17(20(13,18)19)12-7-14-16(9-12)10-4-5-10/h7,9-11H,2-6,8H2,1H3,(H2,13,18,19)/p+1. The molecule has 7 nitrogen and oxygen atoms in total. The van der Waals surface area contributed by atoms with Gasteiger partial charge in [-0.1, -0.05) is 0 Å². The van der Waals surface area contributed by atoms with E-state index in [-0.39, 0.29) is 6.04 Å². The molecule has 0 aromatic carbocycles. The van der Waals surface area contributed by atoms with Gasteiger partial charge in [0.25, 0.3) is 10.2 Å². The smallest absolute Gasteiger partial charge is 0.299 e. The highest BCUT2D eigenvalue weighted by Crippen LogP contribution is 2.35. The van der Waals surface area contributed by atoms with Gasteiger partial charge in [0.05, 0.1) is 44.1 Å². The monoisotopic (exact) mass is 300 g/mol. The van der Waals surface area contributed by atoms with E-state index in [1.165, 1.54) is 9.21 Å². The first-order valence-electron chi connectivity index (χ1n) is 7.13. The molecule has 3 N–H and O–H groups in total. The van der Waals surface area contributed by atoms with Gasteiger partial charge in [-0.05, 0) is 25.7 Å². The van der Waals surface area contributed by atoms with Gasteiger partial charge >= 0.3 is 0 Å². The molecule has 1 aromatic heterocycles. The minimum absolute atomic E-state index is 0.0735. The lowest BCUT2D eigenvalue weighted by molar-refractivity contribution is -0.885. The Kier molecular flexibility index (Phi) is 3.47. The normalized spacial score (nSPS) is 27.5. The number of nitrogens with two attached hydrogens (primary N) is 1. The van der Waals surface area contributed by atoms with Crippen molar-refractivity contribution >= 4 is 15.9 Å². The molecule has 2 fully saturated rings. The number of aromatic nitrogens is 2. The van der Waals surface area contributed by atoms with Gasteiger partial charge in [-0.2, -0.15) is 13.5 Å². The van der Waals surface area contributed by atoms with Crippen LogP contribution in [0.1, 0.15) is 31.7 Å². The van der Waals surface area contributed by atoms with Crippen LogP contribution < -0.4 is 14.3 Å². The van der Waals surface area contributed by atoms with Gasteiger partial charge in [-0.25, -0.2) is 9.44 Å². The van der Waals surface area contributed by atoms with Gasteiger partial charge in [-0.3, -0.25) is 4.68 Å². The van der Waals surface area contributed by atoms with Crippen molar-refractivity contribution in [2.75, 3.05) is 24.4 Å². The third kappa shape index (κ3) is 2.82. The largest absolute Gasteiger partial charge is 0.336 e. The molecule has 2 aliphatic rings. The van der Waals surface area contributed by atoms with Crippen LogP contribution in [0.5, 0.6) is 0 Å². The summed E-state index contributed by atoms with van der Waals surface area (Å²) in [7, 11) is -1.68. The van der Waals surface area contributed by atoms with Gasteiger partial charge in [0.15, 0.2) is 0 Å². The topological polar surface area (TPSA) is 85.7 Å². The number of anilines is 1. The van der Waals surface area contributed by atoms with Crippen molar-refractivity contribution in [1.29, 1.82) is 0 Å². The van der Waals surface area contributed by atoms with Crippen LogP contribution in [0.3, 0.4) is 0 Å². The van der Waals surface area contributed by atoms with E-state index in [0.717, 1.165) is 38.8 Å². The van der Waals surface area contributed by atoms with Crippen LogP contribution in [-0.4, -0.2) is 44.4 Å². The highest BCUT2D eigenvalue weighted by molar-refractivity contribution is 7.90. The molecule has 1 aromatic rings. The molecule has 1 saturated heterocycles. The number of piperidine rings is 1. The third-order valence-electron chi connectivity index (χ3n) is 4.09. The molecular formula is C12H22N5O2S+. The number of rotatable bonds is 4. The van der Waals surface area contributed by atoms with Crippen LogP contribution in [0.15, 0.2) is 12.4 Å². The summed E-state index contributed by atoms with van der Waals surface area (Å²) in [6, 6.07) is 0.362. The second-order valence-corrected chi connectivity index (χ2v) is 7.38. The molecule has 2 heterocycles. The van der Waals surface area contributed by atoms with E-state index in [4.69, 9.17) is 5.14 Å². The van der Waals surface area contributed by atoms with Crippen molar-refractivity contribution in [3.8, 4) is 0 Å². The molecule has 0 amide bonds. The first-order valence-corrected chi connectivity index (χ1v) is 8.63. The van der Waals surface area contributed by atoms with Crippen molar-refractivity contribution in [1.82, 2.24) is 9.78 Å². The zero-order chi connectivity index (χ0) is 14.3. The maximum Gasteiger partial charge on any atom is 0.299 e. The highest BCUT2D eigenvalue weighted by Gasteiger charge is 2.34. The predicted octanol–water partition coefficient (Wildman–Crippen LogP) is -1.09. The van der Waals surface area contributed by atoms with Gasteiger partial charge in [-0.15, -0.1) is 0 Å². The Morgan fingerprint density at radius 1 is 1.45 bits per heavy atom. The lowest BCUT2D eigenvalue weighted by Gasteiger charge is -2.34. The van der Waals surface area contributed by atoms with E-state index in [2.05, 4.69) is 12.1 Å². The fourth-order valence-corrected chi connectivity index (χ4v) is 3.98. The first-order chi connectivity index (χ1) is 9.45. The Labute approximate surface area is 119 Å². The first kappa shape index (κ1) is 13.8. The highest BCUT2D eigenvalue weighted by atomic mass is 32.2. The summed E-state index contributed by atoms with van der Waals surface area (Å²) in [5, 5.41) is 9.72. The van der Waals surface area contributed by atoms with Crippen molar-refractivity contribution in [3.05, 3.63) is 12.4 Å². The Balaban J connectivity index is 1.88. The summed E-state index contributed by atoms with van der Waals surface area (Å²) >= 11 is 0.